The molecule has 3 rings (SSSR count). The second-order valence-corrected chi connectivity index (χ2v) is 5.34. The van der Waals surface area contributed by atoms with Gasteiger partial charge in [-0.3, -0.25) is 25.0 Å². The lowest BCUT2D eigenvalue weighted by molar-refractivity contribution is -0.385. The zero-order valence-electron chi connectivity index (χ0n) is 14.0. The summed E-state index contributed by atoms with van der Waals surface area (Å²) in [6, 6.07) is 11.5. The van der Waals surface area contributed by atoms with Crippen LogP contribution in [0.5, 0.6) is 0 Å². The predicted octanol–water partition coefficient (Wildman–Crippen LogP) is 2.92. The maximum atomic E-state index is 12.0. The molecule has 3 aromatic rings. The molecule has 1 aromatic carbocycles. The predicted molar refractivity (Wildman–Crippen MR) is 96.8 cm³/mol. The minimum atomic E-state index is -0.853. The van der Waals surface area contributed by atoms with Crippen molar-refractivity contribution in [1.82, 2.24) is 10.4 Å². The van der Waals surface area contributed by atoms with Gasteiger partial charge in [-0.2, -0.15) is 5.10 Å². The molecule has 1 N–H and O–H groups in total. The minimum absolute atomic E-state index is 0.0756. The molecule has 0 aliphatic rings. The minimum Gasteiger partial charge on any atom is -0.455 e. The molecule has 11 heteroatoms. The lowest BCUT2D eigenvalue weighted by Gasteiger charge is -1.99. The SMILES string of the molecule is O=C(N/N=C/c1ccc(-c2cccc([N+](=O)[O-])c2)o1)c1ncccc1[N+](=O)[O-]. The van der Waals surface area contributed by atoms with Crippen molar-refractivity contribution in [1.29, 1.82) is 0 Å². The first-order chi connectivity index (χ1) is 13.5. The number of carbonyl (C=O) groups is 1. The standard InChI is InChI=1S/C17H11N5O6/c23-17(16-14(22(26)27)5-2-8-18-16)20-19-10-13-6-7-15(28-13)11-3-1-4-12(9-11)21(24)25/h1-10H,(H,20,23)/b19-10+. The van der Waals surface area contributed by atoms with E-state index in [0.29, 0.717) is 11.3 Å². The molecule has 0 aliphatic carbocycles. The van der Waals surface area contributed by atoms with Crippen LogP contribution in [-0.2, 0) is 0 Å². The van der Waals surface area contributed by atoms with E-state index in [1.54, 1.807) is 18.2 Å². The molecule has 0 fully saturated rings. The third kappa shape index (κ3) is 4.04. The van der Waals surface area contributed by atoms with Crippen LogP contribution in [0.3, 0.4) is 0 Å². The van der Waals surface area contributed by atoms with Gasteiger partial charge in [-0.1, -0.05) is 12.1 Å². The summed E-state index contributed by atoms with van der Waals surface area (Å²) in [6.07, 6.45) is 2.44. The van der Waals surface area contributed by atoms with Crippen LogP contribution in [-0.4, -0.2) is 27.0 Å². The van der Waals surface area contributed by atoms with Gasteiger partial charge < -0.3 is 4.42 Å². The number of nitro benzene ring substituents is 1. The highest BCUT2D eigenvalue weighted by Gasteiger charge is 2.20. The van der Waals surface area contributed by atoms with Crippen molar-refractivity contribution < 1.29 is 19.1 Å². The number of amides is 1. The first-order valence-electron chi connectivity index (χ1n) is 7.73. The second kappa shape index (κ2) is 7.86. The molecule has 0 bridgehead atoms. The summed E-state index contributed by atoms with van der Waals surface area (Å²) in [5, 5.41) is 25.4. The number of benzene rings is 1. The van der Waals surface area contributed by atoms with Crippen LogP contribution in [0.2, 0.25) is 0 Å². The number of furan rings is 1. The molecule has 0 saturated heterocycles. The van der Waals surface area contributed by atoms with Crippen molar-refractivity contribution in [3.8, 4) is 11.3 Å². The Labute approximate surface area is 156 Å². The summed E-state index contributed by atoms with van der Waals surface area (Å²) >= 11 is 0. The number of hydrogen-bond acceptors (Lipinski definition) is 8. The normalized spacial score (nSPS) is 10.7. The van der Waals surface area contributed by atoms with E-state index in [1.165, 1.54) is 36.7 Å². The third-order valence-electron chi connectivity index (χ3n) is 3.52. The number of hydrazone groups is 1. The van der Waals surface area contributed by atoms with Crippen LogP contribution in [0.1, 0.15) is 16.2 Å². The molecule has 0 aliphatic heterocycles. The van der Waals surface area contributed by atoms with Gasteiger partial charge in [0.05, 0.1) is 16.1 Å². The maximum absolute atomic E-state index is 12.0. The van der Waals surface area contributed by atoms with Gasteiger partial charge >= 0.3 is 5.69 Å². The molecule has 1 amide bonds. The fraction of sp³-hybridized carbons (Fsp3) is 0. The molecule has 0 atom stereocenters. The number of nitrogens with one attached hydrogen (secondary N) is 1. The van der Waals surface area contributed by atoms with Crippen molar-refractivity contribution in [3.63, 3.8) is 0 Å². The van der Waals surface area contributed by atoms with Crippen LogP contribution >= 0.6 is 0 Å². The number of pyridine rings is 1. The van der Waals surface area contributed by atoms with Gasteiger partial charge in [0.2, 0.25) is 5.69 Å². The molecule has 0 radical (unpaired) electrons. The Kier molecular flexibility index (Phi) is 5.16. The molecule has 140 valence electrons. The highest BCUT2D eigenvalue weighted by Crippen LogP contribution is 2.25. The van der Waals surface area contributed by atoms with Crippen LogP contribution < -0.4 is 5.43 Å². The van der Waals surface area contributed by atoms with Crippen molar-refractivity contribution >= 4 is 23.5 Å². The van der Waals surface area contributed by atoms with Gasteiger partial charge in [0, 0.05) is 30.0 Å². The molecule has 0 saturated carbocycles. The number of rotatable bonds is 6. The van der Waals surface area contributed by atoms with Gasteiger partial charge in [0.25, 0.3) is 11.6 Å². The van der Waals surface area contributed by atoms with E-state index < -0.39 is 21.4 Å². The van der Waals surface area contributed by atoms with Gasteiger partial charge in [0.15, 0.2) is 0 Å². The van der Waals surface area contributed by atoms with Crippen molar-refractivity contribution in [2.75, 3.05) is 0 Å². The molecular weight excluding hydrogens is 370 g/mol. The van der Waals surface area contributed by atoms with Gasteiger partial charge in [0.1, 0.15) is 11.5 Å². The van der Waals surface area contributed by atoms with Gasteiger partial charge in [-0.15, -0.1) is 0 Å². The Hall–Kier alpha value is -4.41. The Morgan fingerprint density at radius 3 is 2.68 bits per heavy atom. The number of nitrogens with zero attached hydrogens (tertiary/aromatic N) is 4. The van der Waals surface area contributed by atoms with Crippen LogP contribution in [0, 0.1) is 20.2 Å². The number of hydrogen-bond donors (Lipinski definition) is 1. The van der Waals surface area contributed by atoms with E-state index in [-0.39, 0.29) is 17.1 Å². The average Bonchev–Trinajstić information content (AvgIpc) is 3.17. The number of nitro groups is 2. The molecule has 0 unspecified atom stereocenters. The number of carbonyl (C=O) groups excluding carboxylic acids is 1. The molecule has 0 spiro atoms. The Bertz CT molecular complexity index is 1090. The average molecular weight is 381 g/mol. The van der Waals surface area contributed by atoms with Crippen LogP contribution in [0.15, 0.2) is 64.2 Å². The van der Waals surface area contributed by atoms with E-state index in [4.69, 9.17) is 4.42 Å². The third-order valence-corrected chi connectivity index (χ3v) is 3.52. The summed E-state index contributed by atoms with van der Waals surface area (Å²) in [5.41, 5.74) is 1.74. The monoisotopic (exact) mass is 381 g/mol. The summed E-state index contributed by atoms with van der Waals surface area (Å²) in [6.45, 7) is 0. The number of non-ortho nitro benzene ring substituents is 1. The van der Waals surface area contributed by atoms with E-state index in [2.05, 4.69) is 15.5 Å². The van der Waals surface area contributed by atoms with E-state index in [0.717, 1.165) is 6.07 Å². The molecule has 2 heterocycles. The Morgan fingerprint density at radius 2 is 1.93 bits per heavy atom. The topological polar surface area (TPSA) is 154 Å². The second-order valence-electron chi connectivity index (χ2n) is 5.34. The van der Waals surface area contributed by atoms with E-state index in [9.17, 15) is 25.0 Å². The van der Waals surface area contributed by atoms with Crippen LogP contribution in [0.4, 0.5) is 11.4 Å². The molecule has 11 nitrogen and oxygen atoms in total. The van der Waals surface area contributed by atoms with Crippen molar-refractivity contribution in [2.24, 2.45) is 5.10 Å². The lowest BCUT2D eigenvalue weighted by Crippen LogP contribution is -2.20. The molecular formula is C17H11N5O6. The fourth-order valence-corrected chi connectivity index (χ4v) is 2.28. The van der Waals surface area contributed by atoms with Crippen molar-refractivity contribution in [3.05, 3.63) is 86.4 Å². The lowest BCUT2D eigenvalue weighted by atomic mass is 10.1. The Morgan fingerprint density at radius 1 is 1.11 bits per heavy atom. The highest BCUT2D eigenvalue weighted by molar-refractivity contribution is 5.96. The van der Waals surface area contributed by atoms with E-state index >= 15 is 0 Å². The zero-order valence-corrected chi connectivity index (χ0v) is 14.0. The summed E-state index contributed by atoms with van der Waals surface area (Å²) < 4.78 is 5.51. The van der Waals surface area contributed by atoms with Gasteiger partial charge in [-0.25, -0.2) is 10.4 Å². The quantitative estimate of drug-likeness (QED) is 0.391. The fourth-order valence-electron chi connectivity index (χ4n) is 2.28. The van der Waals surface area contributed by atoms with Gasteiger partial charge in [-0.05, 0) is 18.2 Å². The Balaban J connectivity index is 1.71. The molecule has 28 heavy (non-hydrogen) atoms. The summed E-state index contributed by atoms with van der Waals surface area (Å²) in [4.78, 5) is 36.2. The largest absolute Gasteiger partial charge is 0.455 e. The first kappa shape index (κ1) is 18.4. The van der Waals surface area contributed by atoms with E-state index in [1.807, 2.05) is 0 Å². The summed E-state index contributed by atoms with van der Waals surface area (Å²) in [7, 11) is 0. The summed E-state index contributed by atoms with van der Waals surface area (Å²) in [5.74, 6) is -0.219. The highest BCUT2D eigenvalue weighted by atomic mass is 16.6. The van der Waals surface area contributed by atoms with Crippen molar-refractivity contribution in [2.45, 2.75) is 0 Å². The number of aromatic nitrogens is 1. The zero-order chi connectivity index (χ0) is 20.1. The molecule has 2 aromatic heterocycles. The first-order valence-corrected chi connectivity index (χ1v) is 7.73. The smallest absolute Gasteiger partial charge is 0.300 e. The maximum Gasteiger partial charge on any atom is 0.300 e. The van der Waals surface area contributed by atoms with Crippen LogP contribution in [0.25, 0.3) is 11.3 Å².